The Balaban J connectivity index is 2.03. The van der Waals surface area contributed by atoms with Crippen molar-refractivity contribution in [3.8, 4) is 5.75 Å². The fourth-order valence-electron chi connectivity index (χ4n) is 2.24. The zero-order valence-corrected chi connectivity index (χ0v) is 16.8. The molecule has 6 heteroatoms. The lowest BCUT2D eigenvalue weighted by Gasteiger charge is -2.15. The van der Waals surface area contributed by atoms with Crippen LogP contribution in [0.1, 0.15) is 37.0 Å². The van der Waals surface area contributed by atoms with Crippen LogP contribution in [0.5, 0.6) is 5.75 Å². The summed E-state index contributed by atoms with van der Waals surface area (Å²) in [5.41, 5.74) is 1.96. The van der Waals surface area contributed by atoms with Crippen molar-refractivity contribution in [1.29, 1.82) is 0 Å². The maximum atomic E-state index is 12.4. The number of hydrogen-bond acceptors (Lipinski definition) is 3. The van der Waals surface area contributed by atoms with Gasteiger partial charge in [-0.15, -0.1) is 0 Å². The Labute approximate surface area is 162 Å². The molecule has 0 spiro atoms. The highest BCUT2D eigenvalue weighted by Crippen LogP contribution is 2.27. The maximum Gasteiger partial charge on any atom is 0.255 e. The monoisotopic (exact) mass is 418 g/mol. The highest BCUT2D eigenvalue weighted by atomic mass is 79.9. The largest absolute Gasteiger partial charge is 0.492 e. The van der Waals surface area contributed by atoms with E-state index in [9.17, 15) is 9.59 Å². The highest BCUT2D eigenvalue weighted by molar-refractivity contribution is 9.10. The minimum Gasteiger partial charge on any atom is -0.492 e. The molecule has 1 N–H and O–H groups in total. The number of carbonyl (C=O) groups excluding carboxylic acids is 2. The second-order valence-electron chi connectivity index (χ2n) is 5.93. The topological polar surface area (TPSA) is 58.6 Å². The van der Waals surface area contributed by atoms with Crippen LogP contribution in [-0.2, 0) is 4.79 Å². The summed E-state index contributed by atoms with van der Waals surface area (Å²) < 4.78 is 6.42. The maximum absolute atomic E-state index is 12.4. The van der Waals surface area contributed by atoms with Gasteiger partial charge in [0.2, 0.25) is 5.91 Å². The number of amides is 2. The van der Waals surface area contributed by atoms with Crippen LogP contribution in [0.2, 0.25) is 0 Å². The van der Waals surface area contributed by atoms with E-state index in [1.807, 2.05) is 0 Å². The summed E-state index contributed by atoms with van der Waals surface area (Å²) in [6, 6.07) is 12.4. The van der Waals surface area contributed by atoms with Crippen LogP contribution in [0.15, 0.2) is 46.9 Å². The van der Waals surface area contributed by atoms with Gasteiger partial charge in [-0.2, -0.15) is 0 Å². The molecular formula is C20H23BrN2O3. The number of unbranched alkanes of at least 4 members (excludes halogenated alkanes) is 1. The smallest absolute Gasteiger partial charge is 0.255 e. The fraction of sp³-hybridized carbons (Fsp3) is 0.300. The number of halogens is 1. The molecule has 26 heavy (non-hydrogen) atoms. The zero-order chi connectivity index (χ0) is 19.1. The number of benzene rings is 2. The Bertz CT molecular complexity index is 775. The average molecular weight is 419 g/mol. The molecule has 5 nitrogen and oxygen atoms in total. The molecule has 0 saturated carbocycles. The lowest BCUT2D eigenvalue weighted by Crippen LogP contribution is -2.22. The van der Waals surface area contributed by atoms with Gasteiger partial charge in [0.25, 0.3) is 5.91 Å². The summed E-state index contributed by atoms with van der Waals surface area (Å²) in [5.74, 6) is 0.470. The Morgan fingerprint density at radius 2 is 1.85 bits per heavy atom. The summed E-state index contributed by atoms with van der Waals surface area (Å²) in [4.78, 5) is 25.3. The van der Waals surface area contributed by atoms with Crippen molar-refractivity contribution >= 4 is 39.1 Å². The van der Waals surface area contributed by atoms with Crippen LogP contribution in [0.4, 0.5) is 11.4 Å². The van der Waals surface area contributed by atoms with Crippen LogP contribution < -0.4 is 15.0 Å². The summed E-state index contributed by atoms with van der Waals surface area (Å²) in [7, 11) is 1.71. The van der Waals surface area contributed by atoms with Crippen molar-refractivity contribution < 1.29 is 14.3 Å². The van der Waals surface area contributed by atoms with E-state index >= 15 is 0 Å². The molecule has 0 bridgehead atoms. The summed E-state index contributed by atoms with van der Waals surface area (Å²) in [6.07, 6.45) is 2.06. The van der Waals surface area contributed by atoms with Gasteiger partial charge in [0, 0.05) is 30.9 Å². The molecule has 0 heterocycles. The van der Waals surface area contributed by atoms with Crippen molar-refractivity contribution in [2.24, 2.45) is 0 Å². The van der Waals surface area contributed by atoms with Gasteiger partial charge in [-0.3, -0.25) is 9.59 Å². The average Bonchev–Trinajstić information content (AvgIpc) is 2.63. The normalized spacial score (nSPS) is 10.3. The minimum absolute atomic E-state index is 0.0483. The molecule has 0 fully saturated rings. The van der Waals surface area contributed by atoms with Gasteiger partial charge in [0.1, 0.15) is 5.75 Å². The third-order valence-corrected chi connectivity index (χ3v) is 4.55. The SMILES string of the molecule is CCCCOc1ccc(C(=O)Nc2ccc(N(C)C(C)=O)cc2)cc1Br. The summed E-state index contributed by atoms with van der Waals surface area (Å²) >= 11 is 3.45. The van der Waals surface area contributed by atoms with Crippen LogP contribution in [0.25, 0.3) is 0 Å². The first-order valence-corrected chi connectivity index (χ1v) is 9.29. The van der Waals surface area contributed by atoms with Gasteiger partial charge < -0.3 is 15.0 Å². The molecule has 2 aromatic carbocycles. The van der Waals surface area contributed by atoms with Gasteiger partial charge >= 0.3 is 0 Å². The number of rotatable bonds is 7. The number of hydrogen-bond donors (Lipinski definition) is 1. The molecule has 0 aliphatic heterocycles. The quantitative estimate of drug-likeness (QED) is 0.652. The van der Waals surface area contributed by atoms with Crippen molar-refractivity contribution in [3.05, 3.63) is 52.5 Å². The van der Waals surface area contributed by atoms with Crippen LogP contribution in [0.3, 0.4) is 0 Å². The number of ether oxygens (including phenoxy) is 1. The van der Waals surface area contributed by atoms with E-state index in [0.717, 1.165) is 28.8 Å². The second kappa shape index (κ2) is 9.38. The number of carbonyl (C=O) groups is 2. The molecule has 2 aromatic rings. The molecule has 138 valence electrons. The molecule has 2 rings (SSSR count). The Morgan fingerprint density at radius 3 is 2.42 bits per heavy atom. The predicted octanol–water partition coefficient (Wildman–Crippen LogP) is 4.86. The molecule has 0 aromatic heterocycles. The van der Waals surface area contributed by atoms with E-state index in [4.69, 9.17) is 4.74 Å². The van der Waals surface area contributed by atoms with E-state index in [-0.39, 0.29) is 11.8 Å². The number of anilines is 2. The van der Waals surface area contributed by atoms with E-state index in [0.29, 0.717) is 17.9 Å². The van der Waals surface area contributed by atoms with Crippen LogP contribution in [-0.4, -0.2) is 25.5 Å². The molecule has 0 aliphatic carbocycles. The number of nitrogens with one attached hydrogen (secondary N) is 1. The molecule has 0 unspecified atom stereocenters. The standard InChI is InChI=1S/C20H23BrN2O3/c1-4-5-12-26-19-11-6-15(13-18(19)21)20(25)22-16-7-9-17(10-8-16)23(3)14(2)24/h6-11,13H,4-5,12H2,1-3H3,(H,22,25). The summed E-state index contributed by atoms with van der Waals surface area (Å²) in [5, 5.41) is 2.85. The van der Waals surface area contributed by atoms with Crippen molar-refractivity contribution in [2.45, 2.75) is 26.7 Å². The Hall–Kier alpha value is -2.34. The van der Waals surface area contributed by atoms with Crippen molar-refractivity contribution in [1.82, 2.24) is 0 Å². The molecule has 2 amide bonds. The first kappa shape index (κ1) is 20.0. The van der Waals surface area contributed by atoms with Gasteiger partial charge in [-0.1, -0.05) is 13.3 Å². The van der Waals surface area contributed by atoms with E-state index in [2.05, 4.69) is 28.2 Å². The molecule has 0 saturated heterocycles. The third-order valence-electron chi connectivity index (χ3n) is 3.93. The van der Waals surface area contributed by atoms with Crippen LogP contribution >= 0.6 is 15.9 Å². The van der Waals surface area contributed by atoms with Crippen molar-refractivity contribution in [3.63, 3.8) is 0 Å². The zero-order valence-electron chi connectivity index (χ0n) is 15.2. The second-order valence-corrected chi connectivity index (χ2v) is 6.78. The summed E-state index contributed by atoms with van der Waals surface area (Å²) in [6.45, 7) is 4.27. The Morgan fingerprint density at radius 1 is 1.15 bits per heavy atom. The third kappa shape index (κ3) is 5.33. The highest BCUT2D eigenvalue weighted by Gasteiger charge is 2.11. The van der Waals surface area contributed by atoms with E-state index in [1.165, 1.54) is 6.92 Å². The van der Waals surface area contributed by atoms with Gasteiger partial charge in [0.15, 0.2) is 0 Å². The fourth-order valence-corrected chi connectivity index (χ4v) is 2.73. The van der Waals surface area contributed by atoms with Gasteiger partial charge in [-0.05, 0) is 64.8 Å². The van der Waals surface area contributed by atoms with Gasteiger partial charge in [-0.25, -0.2) is 0 Å². The Kier molecular flexibility index (Phi) is 7.21. The van der Waals surface area contributed by atoms with Crippen LogP contribution in [0, 0.1) is 0 Å². The minimum atomic E-state index is -0.210. The lowest BCUT2D eigenvalue weighted by molar-refractivity contribution is -0.116. The predicted molar refractivity (Wildman–Crippen MR) is 108 cm³/mol. The first-order valence-electron chi connectivity index (χ1n) is 8.50. The molecule has 0 atom stereocenters. The van der Waals surface area contributed by atoms with E-state index in [1.54, 1.807) is 54.4 Å². The number of nitrogens with zero attached hydrogens (tertiary/aromatic N) is 1. The van der Waals surface area contributed by atoms with Crippen molar-refractivity contribution in [2.75, 3.05) is 23.9 Å². The molecular weight excluding hydrogens is 396 g/mol. The molecule has 0 radical (unpaired) electrons. The van der Waals surface area contributed by atoms with Gasteiger partial charge in [0.05, 0.1) is 11.1 Å². The molecule has 0 aliphatic rings. The lowest BCUT2D eigenvalue weighted by atomic mass is 10.2. The first-order chi connectivity index (χ1) is 12.4. The van der Waals surface area contributed by atoms with E-state index < -0.39 is 0 Å².